The Morgan fingerprint density at radius 3 is 3.08 bits per heavy atom. The fourth-order valence-corrected chi connectivity index (χ4v) is 2.01. The highest BCUT2D eigenvalue weighted by atomic mass is 79.9. The number of aryl methyl sites for hydroxylation is 1. The van der Waals surface area contributed by atoms with Crippen LogP contribution in [0.5, 0.6) is 0 Å². The molecule has 0 aliphatic carbocycles. The van der Waals surface area contributed by atoms with Gasteiger partial charge in [-0.1, -0.05) is 28.1 Å². The predicted octanol–water partition coefficient (Wildman–Crippen LogP) is 2.12. The van der Waals surface area contributed by atoms with E-state index in [1.54, 1.807) is 0 Å². The zero-order chi connectivity index (χ0) is 9.26. The van der Waals surface area contributed by atoms with Gasteiger partial charge in [-0.2, -0.15) is 0 Å². The van der Waals surface area contributed by atoms with Gasteiger partial charge in [-0.05, 0) is 23.6 Å². The third-order valence-corrected chi connectivity index (χ3v) is 2.57. The Morgan fingerprint density at radius 1 is 1.46 bits per heavy atom. The number of anilines is 1. The molecule has 0 spiro atoms. The maximum atomic E-state index is 11.0. The molecule has 1 aromatic carbocycles. The molecule has 0 bridgehead atoms. The summed E-state index contributed by atoms with van der Waals surface area (Å²) in [6, 6.07) is 6.15. The van der Waals surface area contributed by atoms with Crippen LogP contribution in [0.3, 0.4) is 0 Å². The zero-order valence-corrected chi connectivity index (χ0v) is 8.73. The van der Waals surface area contributed by atoms with Crippen molar-refractivity contribution in [3.05, 3.63) is 29.3 Å². The molecule has 1 aliphatic rings. The van der Waals surface area contributed by atoms with E-state index in [-0.39, 0.29) is 5.91 Å². The number of carbonyl (C=O) groups is 1. The summed E-state index contributed by atoms with van der Waals surface area (Å²) >= 11 is 3.40. The third-order valence-electron chi connectivity index (χ3n) is 2.18. The van der Waals surface area contributed by atoms with Crippen LogP contribution < -0.4 is 5.32 Å². The molecule has 3 heteroatoms. The van der Waals surface area contributed by atoms with Gasteiger partial charge in [0, 0.05) is 11.0 Å². The van der Waals surface area contributed by atoms with Crippen molar-refractivity contribution in [2.45, 2.75) is 12.8 Å². The molecule has 1 aromatic rings. The van der Waals surface area contributed by atoms with Crippen molar-refractivity contribution in [3.8, 4) is 0 Å². The molecule has 0 unspecified atom stereocenters. The van der Waals surface area contributed by atoms with Crippen LogP contribution in [0.15, 0.2) is 18.2 Å². The Balaban J connectivity index is 2.29. The maximum absolute atomic E-state index is 11.0. The lowest BCUT2D eigenvalue weighted by Crippen LogP contribution is -2.03. The summed E-state index contributed by atoms with van der Waals surface area (Å²) < 4.78 is 0. The molecule has 0 atom stereocenters. The fourth-order valence-electron chi connectivity index (χ4n) is 1.55. The summed E-state index contributed by atoms with van der Waals surface area (Å²) in [7, 11) is 0. The van der Waals surface area contributed by atoms with Gasteiger partial charge in [0.15, 0.2) is 0 Å². The number of halogens is 1. The quantitative estimate of drug-likeness (QED) is 0.788. The van der Waals surface area contributed by atoms with E-state index in [4.69, 9.17) is 0 Å². The Bertz CT molecular complexity index is 349. The van der Waals surface area contributed by atoms with Gasteiger partial charge in [0.1, 0.15) is 0 Å². The van der Waals surface area contributed by atoms with Gasteiger partial charge >= 0.3 is 0 Å². The highest BCUT2D eigenvalue weighted by Crippen LogP contribution is 2.23. The second-order valence-corrected chi connectivity index (χ2v) is 3.95. The summed E-state index contributed by atoms with van der Waals surface area (Å²) in [5.74, 6) is 0.103. The number of fused-ring (bicyclic) bond motifs is 1. The first-order valence-corrected chi connectivity index (χ1v) is 5.39. The van der Waals surface area contributed by atoms with Crippen LogP contribution in [0.4, 0.5) is 5.69 Å². The van der Waals surface area contributed by atoms with Gasteiger partial charge < -0.3 is 5.32 Å². The fraction of sp³-hybridized carbons (Fsp3) is 0.300. The van der Waals surface area contributed by atoms with Crippen LogP contribution in [0.25, 0.3) is 0 Å². The number of alkyl halides is 1. The van der Waals surface area contributed by atoms with Gasteiger partial charge in [-0.15, -0.1) is 0 Å². The second kappa shape index (κ2) is 3.50. The molecule has 0 saturated carbocycles. The van der Waals surface area contributed by atoms with E-state index in [2.05, 4.69) is 33.4 Å². The highest BCUT2D eigenvalue weighted by Gasteiger charge is 2.16. The molecule has 2 rings (SSSR count). The number of hydrogen-bond acceptors (Lipinski definition) is 1. The van der Waals surface area contributed by atoms with Crippen molar-refractivity contribution < 1.29 is 4.79 Å². The highest BCUT2D eigenvalue weighted by molar-refractivity contribution is 9.09. The molecule has 0 aromatic heterocycles. The summed E-state index contributed by atoms with van der Waals surface area (Å²) in [4.78, 5) is 11.0. The first-order chi connectivity index (χ1) is 6.29. The lowest BCUT2D eigenvalue weighted by atomic mass is 10.1. The van der Waals surface area contributed by atoms with Crippen molar-refractivity contribution in [1.29, 1.82) is 0 Å². The van der Waals surface area contributed by atoms with Crippen molar-refractivity contribution in [2.24, 2.45) is 0 Å². The number of nitrogens with one attached hydrogen (secondary N) is 1. The molecule has 0 saturated heterocycles. The molecule has 1 heterocycles. The Morgan fingerprint density at radius 2 is 2.31 bits per heavy atom. The van der Waals surface area contributed by atoms with E-state index >= 15 is 0 Å². The molecule has 68 valence electrons. The van der Waals surface area contributed by atoms with Gasteiger partial charge in [0.05, 0.1) is 6.42 Å². The van der Waals surface area contributed by atoms with Gasteiger partial charge in [-0.3, -0.25) is 4.79 Å². The first kappa shape index (κ1) is 8.75. The number of hydrogen-bond donors (Lipinski definition) is 1. The SMILES string of the molecule is O=C1Cc2cc(CCBr)ccc2N1. The van der Waals surface area contributed by atoms with Crippen molar-refractivity contribution in [1.82, 2.24) is 0 Å². The zero-order valence-electron chi connectivity index (χ0n) is 7.14. The van der Waals surface area contributed by atoms with Crippen LogP contribution >= 0.6 is 15.9 Å². The number of carbonyl (C=O) groups excluding carboxylic acids is 1. The minimum atomic E-state index is 0.103. The topological polar surface area (TPSA) is 29.1 Å². The van der Waals surface area contributed by atoms with Crippen molar-refractivity contribution >= 4 is 27.5 Å². The largest absolute Gasteiger partial charge is 0.326 e. The predicted molar refractivity (Wildman–Crippen MR) is 56.3 cm³/mol. The maximum Gasteiger partial charge on any atom is 0.228 e. The van der Waals surface area contributed by atoms with Gasteiger partial charge in [0.2, 0.25) is 5.91 Å². The molecule has 0 fully saturated rings. The molecule has 1 N–H and O–H groups in total. The molecule has 1 amide bonds. The van der Waals surface area contributed by atoms with E-state index in [9.17, 15) is 4.79 Å². The number of amides is 1. The summed E-state index contributed by atoms with van der Waals surface area (Å²) in [6.07, 6.45) is 1.55. The summed E-state index contributed by atoms with van der Waals surface area (Å²) in [6.45, 7) is 0. The first-order valence-electron chi connectivity index (χ1n) is 4.27. The van der Waals surface area contributed by atoms with E-state index in [0.717, 1.165) is 23.0 Å². The average molecular weight is 240 g/mol. The van der Waals surface area contributed by atoms with Crippen molar-refractivity contribution in [3.63, 3.8) is 0 Å². The lowest BCUT2D eigenvalue weighted by Gasteiger charge is -2.01. The summed E-state index contributed by atoms with van der Waals surface area (Å²) in [5.41, 5.74) is 3.39. The average Bonchev–Trinajstić information content (AvgIpc) is 2.44. The minimum Gasteiger partial charge on any atom is -0.326 e. The normalized spacial score (nSPS) is 14.1. The van der Waals surface area contributed by atoms with Crippen LogP contribution in [-0.2, 0) is 17.6 Å². The minimum absolute atomic E-state index is 0.103. The molecule has 13 heavy (non-hydrogen) atoms. The molecular weight excluding hydrogens is 230 g/mol. The number of benzene rings is 1. The smallest absolute Gasteiger partial charge is 0.228 e. The van der Waals surface area contributed by atoms with Gasteiger partial charge in [-0.25, -0.2) is 0 Å². The van der Waals surface area contributed by atoms with E-state index in [0.29, 0.717) is 6.42 Å². The van der Waals surface area contributed by atoms with Crippen LogP contribution in [0, 0.1) is 0 Å². The molecule has 2 nitrogen and oxygen atoms in total. The monoisotopic (exact) mass is 239 g/mol. The van der Waals surface area contributed by atoms with Crippen LogP contribution in [0.1, 0.15) is 11.1 Å². The second-order valence-electron chi connectivity index (χ2n) is 3.16. The summed E-state index contributed by atoms with van der Waals surface area (Å²) in [5, 5.41) is 3.78. The van der Waals surface area contributed by atoms with Crippen LogP contribution in [0.2, 0.25) is 0 Å². The number of rotatable bonds is 2. The molecule has 1 aliphatic heterocycles. The Hall–Kier alpha value is -0.830. The van der Waals surface area contributed by atoms with E-state index in [1.807, 2.05) is 6.07 Å². The standard InChI is InChI=1S/C10H10BrNO/c11-4-3-7-1-2-9-8(5-7)6-10(13)12-9/h1-2,5H,3-4,6H2,(H,12,13). The Labute approximate surface area is 85.5 Å². The lowest BCUT2D eigenvalue weighted by molar-refractivity contribution is -0.115. The van der Waals surface area contributed by atoms with E-state index in [1.165, 1.54) is 5.56 Å². The molecule has 0 radical (unpaired) electrons. The van der Waals surface area contributed by atoms with E-state index < -0.39 is 0 Å². The van der Waals surface area contributed by atoms with Crippen molar-refractivity contribution in [2.75, 3.05) is 10.6 Å². The third kappa shape index (κ3) is 1.75. The van der Waals surface area contributed by atoms with Crippen LogP contribution in [-0.4, -0.2) is 11.2 Å². The van der Waals surface area contributed by atoms with Gasteiger partial charge in [0.25, 0.3) is 0 Å². The Kier molecular flexibility index (Phi) is 2.36. The molecular formula is C10H10BrNO.